The second-order valence-electron chi connectivity index (χ2n) is 2.15. The van der Waals surface area contributed by atoms with Crippen molar-refractivity contribution in [3.8, 4) is 0 Å². The molecular weight excluding hydrogens is 278 g/mol. The van der Waals surface area contributed by atoms with Crippen LogP contribution in [0.2, 0.25) is 0 Å². The molecule has 1 aliphatic rings. The molecule has 1 fully saturated rings. The standard InChI is InChI=1S/C4H3F4NO2.Ag/c5-3(6)1-9(8)4(3,7)2(10)11;/h1H2,(H,10,11);. The molecule has 1 rings (SSSR count). The Bertz CT molecular complexity index is 213. The summed E-state index contributed by atoms with van der Waals surface area (Å²) in [5.74, 6) is -10.8. The zero-order valence-electron chi connectivity index (χ0n) is 5.32. The predicted molar refractivity (Wildman–Crippen MR) is 24.2 cm³/mol. The maximum Gasteiger partial charge on any atom is 0.366 e. The van der Waals surface area contributed by atoms with Gasteiger partial charge in [0.15, 0.2) is 0 Å². The van der Waals surface area contributed by atoms with Gasteiger partial charge in [0.05, 0.1) is 0 Å². The monoisotopic (exact) mass is 280 g/mol. The van der Waals surface area contributed by atoms with Gasteiger partial charge >= 0.3 is 17.7 Å². The van der Waals surface area contributed by atoms with Crippen molar-refractivity contribution < 1.29 is 49.9 Å². The van der Waals surface area contributed by atoms with Crippen LogP contribution in [0.15, 0.2) is 0 Å². The van der Waals surface area contributed by atoms with E-state index in [1.165, 1.54) is 0 Å². The van der Waals surface area contributed by atoms with Crippen molar-refractivity contribution >= 4 is 5.97 Å². The number of hydrogen-bond donors (Lipinski definition) is 1. The average Bonchev–Trinajstić information content (AvgIpc) is 1.85. The number of halogens is 4. The van der Waals surface area contributed by atoms with Gasteiger partial charge in [0.2, 0.25) is 0 Å². The van der Waals surface area contributed by atoms with Gasteiger partial charge < -0.3 is 5.11 Å². The molecule has 1 unspecified atom stereocenters. The molecule has 1 N–H and O–H groups in total. The first kappa shape index (κ1) is 11.9. The SMILES string of the molecule is O=C(O)C1(F)N(F)CC1(F)F.[Ag]. The van der Waals surface area contributed by atoms with Crippen molar-refractivity contribution in [2.24, 2.45) is 0 Å². The molecule has 1 saturated heterocycles. The summed E-state index contributed by atoms with van der Waals surface area (Å²) in [4.78, 5) is 9.79. The van der Waals surface area contributed by atoms with Gasteiger partial charge in [-0.05, 0) is 0 Å². The summed E-state index contributed by atoms with van der Waals surface area (Å²) in [6.45, 7) is -1.52. The van der Waals surface area contributed by atoms with Crippen LogP contribution in [0.4, 0.5) is 17.7 Å². The van der Waals surface area contributed by atoms with Gasteiger partial charge in [-0.25, -0.2) is 9.18 Å². The van der Waals surface area contributed by atoms with Crippen LogP contribution in [0.1, 0.15) is 0 Å². The van der Waals surface area contributed by atoms with Crippen LogP contribution in [0.25, 0.3) is 0 Å². The minimum atomic E-state index is -4.17. The van der Waals surface area contributed by atoms with E-state index in [1.807, 2.05) is 0 Å². The van der Waals surface area contributed by atoms with E-state index in [0.717, 1.165) is 0 Å². The van der Waals surface area contributed by atoms with Crippen molar-refractivity contribution in [3.05, 3.63) is 0 Å². The Morgan fingerprint density at radius 3 is 1.92 bits per heavy atom. The van der Waals surface area contributed by atoms with Gasteiger partial charge in [-0.15, -0.1) is 4.48 Å². The summed E-state index contributed by atoms with van der Waals surface area (Å²) in [6, 6.07) is 0. The number of rotatable bonds is 1. The van der Waals surface area contributed by atoms with Gasteiger partial charge in [0, 0.05) is 22.4 Å². The van der Waals surface area contributed by atoms with Crippen LogP contribution in [0.5, 0.6) is 0 Å². The number of carboxylic acids is 1. The largest absolute Gasteiger partial charge is 0.478 e. The maximum atomic E-state index is 12.4. The molecule has 3 nitrogen and oxygen atoms in total. The first-order chi connectivity index (χ1) is 4.82. The molecule has 8 heteroatoms. The van der Waals surface area contributed by atoms with Crippen molar-refractivity contribution in [3.63, 3.8) is 0 Å². The number of alkyl halides is 3. The van der Waals surface area contributed by atoms with E-state index < -0.39 is 29.4 Å². The van der Waals surface area contributed by atoms with Crippen molar-refractivity contribution in [1.82, 2.24) is 5.12 Å². The van der Waals surface area contributed by atoms with Crippen molar-refractivity contribution in [2.45, 2.75) is 11.7 Å². The molecule has 1 atom stereocenters. The van der Waals surface area contributed by atoms with Gasteiger partial charge in [0.1, 0.15) is 6.54 Å². The average molecular weight is 281 g/mol. The Morgan fingerprint density at radius 2 is 1.83 bits per heavy atom. The number of nitrogens with zero attached hydrogens (tertiary/aromatic N) is 1. The maximum absolute atomic E-state index is 12.4. The Hall–Kier alpha value is -0.110. The predicted octanol–water partition coefficient (Wildman–Crippen LogP) is 0.570. The first-order valence-electron chi connectivity index (χ1n) is 2.56. The molecule has 0 aromatic heterocycles. The van der Waals surface area contributed by atoms with Crippen LogP contribution in [0, 0.1) is 0 Å². The third-order valence-electron chi connectivity index (χ3n) is 1.44. The summed E-state index contributed by atoms with van der Waals surface area (Å²) in [5.41, 5.74) is 0. The Balaban J connectivity index is 0.00000121. The summed E-state index contributed by atoms with van der Waals surface area (Å²) in [7, 11) is 0. The van der Waals surface area contributed by atoms with E-state index >= 15 is 0 Å². The zero-order chi connectivity index (χ0) is 8.86. The smallest absolute Gasteiger partial charge is 0.366 e. The molecule has 0 spiro atoms. The second-order valence-corrected chi connectivity index (χ2v) is 2.15. The third kappa shape index (κ3) is 1.17. The Labute approximate surface area is 79.8 Å². The van der Waals surface area contributed by atoms with E-state index in [-0.39, 0.29) is 22.4 Å². The number of hydrogen-bond acceptors (Lipinski definition) is 2. The quantitative estimate of drug-likeness (QED) is 0.330. The van der Waals surface area contributed by atoms with Gasteiger partial charge in [-0.1, -0.05) is 5.12 Å². The second kappa shape index (κ2) is 2.99. The fourth-order valence-electron chi connectivity index (χ4n) is 0.735. The molecule has 0 saturated carbocycles. The summed E-state index contributed by atoms with van der Waals surface area (Å²) in [5, 5.41) is 6.82. The van der Waals surface area contributed by atoms with Crippen LogP contribution in [0.3, 0.4) is 0 Å². The van der Waals surface area contributed by atoms with E-state index in [4.69, 9.17) is 5.11 Å². The molecule has 0 aliphatic carbocycles. The van der Waals surface area contributed by atoms with Gasteiger partial charge in [-0.3, -0.25) is 0 Å². The minimum Gasteiger partial charge on any atom is -0.478 e. The summed E-state index contributed by atoms with van der Waals surface area (Å²) >= 11 is 0. The summed E-state index contributed by atoms with van der Waals surface area (Å²) < 4.78 is 48.4. The van der Waals surface area contributed by atoms with Gasteiger partial charge in [0.25, 0.3) is 0 Å². The molecule has 1 radical (unpaired) electrons. The normalized spacial score (nSPS) is 33.3. The fraction of sp³-hybridized carbons (Fsp3) is 0.750. The Kier molecular flexibility index (Phi) is 2.96. The molecule has 0 aromatic carbocycles. The van der Waals surface area contributed by atoms with E-state index in [0.29, 0.717) is 0 Å². The molecular formula is C4H3AgF4NO2. The topological polar surface area (TPSA) is 40.5 Å². The van der Waals surface area contributed by atoms with E-state index in [2.05, 4.69) is 0 Å². The van der Waals surface area contributed by atoms with E-state index in [9.17, 15) is 22.4 Å². The Morgan fingerprint density at radius 1 is 1.42 bits per heavy atom. The molecule has 0 aromatic rings. The van der Waals surface area contributed by atoms with Gasteiger partial charge in [-0.2, -0.15) is 8.78 Å². The summed E-state index contributed by atoms with van der Waals surface area (Å²) in [6.07, 6.45) is 0. The molecule has 1 heterocycles. The number of aliphatic carboxylic acids is 1. The van der Waals surface area contributed by atoms with E-state index in [1.54, 1.807) is 0 Å². The number of carbonyl (C=O) groups is 1. The molecule has 0 amide bonds. The van der Waals surface area contributed by atoms with Crippen LogP contribution < -0.4 is 0 Å². The molecule has 0 bridgehead atoms. The van der Waals surface area contributed by atoms with Crippen molar-refractivity contribution in [1.29, 1.82) is 0 Å². The molecule has 12 heavy (non-hydrogen) atoms. The van der Waals surface area contributed by atoms with Crippen LogP contribution in [-0.2, 0) is 27.2 Å². The number of carboxylic acid groups (broad SMARTS) is 1. The third-order valence-corrected chi connectivity index (χ3v) is 1.44. The zero-order valence-corrected chi connectivity index (χ0v) is 6.81. The fourth-order valence-corrected chi connectivity index (χ4v) is 0.735. The first-order valence-corrected chi connectivity index (χ1v) is 2.56. The minimum absolute atomic E-state index is 0. The molecule has 75 valence electrons. The van der Waals surface area contributed by atoms with Crippen molar-refractivity contribution in [2.75, 3.05) is 6.54 Å². The van der Waals surface area contributed by atoms with Crippen LogP contribution in [-0.4, -0.2) is 34.5 Å². The molecule has 1 aliphatic heterocycles. The van der Waals surface area contributed by atoms with Crippen LogP contribution >= 0.6 is 0 Å².